The number of ether oxygens (including phenoxy) is 1. The molecule has 0 amide bonds. The van der Waals surface area contributed by atoms with Crippen LogP contribution in [0.2, 0.25) is 0 Å². The Labute approximate surface area is 211 Å². The molecule has 190 valence electrons. The number of alkyl halides is 1. The van der Waals surface area contributed by atoms with Gasteiger partial charge in [-0.3, -0.25) is 4.98 Å². The highest BCUT2D eigenvalue weighted by Crippen LogP contribution is 2.70. The van der Waals surface area contributed by atoms with Crippen molar-refractivity contribution in [3.05, 3.63) is 59.8 Å². The Morgan fingerprint density at radius 1 is 1.11 bits per heavy atom. The van der Waals surface area contributed by atoms with E-state index < -0.39 is 29.1 Å². The molecular weight excluding hydrogens is 455 g/mol. The molecule has 2 N–H and O–H groups in total. The maximum absolute atomic E-state index is 16.9. The summed E-state index contributed by atoms with van der Waals surface area (Å²) in [5.41, 5.74) is 0.828. The summed E-state index contributed by atoms with van der Waals surface area (Å²) in [5, 5.41) is 23.1. The van der Waals surface area contributed by atoms with Gasteiger partial charge in [0, 0.05) is 35.4 Å². The predicted octanol–water partition coefficient (Wildman–Crippen LogP) is 4.43. The van der Waals surface area contributed by atoms with Crippen molar-refractivity contribution in [3.63, 3.8) is 0 Å². The van der Waals surface area contributed by atoms with E-state index in [1.807, 2.05) is 31.3 Å². The Morgan fingerprint density at radius 2 is 1.94 bits per heavy atom. The average molecular weight is 491 g/mol. The number of hydrogen-bond donors (Lipinski definition) is 2. The van der Waals surface area contributed by atoms with Gasteiger partial charge in [0.05, 0.1) is 17.2 Å². The number of pyridine rings is 1. The molecule has 0 radical (unpaired) electrons. The molecular formula is C30H35FN2O3. The number of benzene rings is 1. The topological polar surface area (TPSA) is 65.8 Å². The summed E-state index contributed by atoms with van der Waals surface area (Å²) in [6.45, 7) is 2.35. The fraction of sp³-hybridized carbons (Fsp3) is 0.567. The number of hydrogen-bond acceptors (Lipinski definition) is 5. The monoisotopic (exact) mass is 490 g/mol. The van der Waals surface area contributed by atoms with Crippen molar-refractivity contribution in [1.29, 1.82) is 0 Å². The van der Waals surface area contributed by atoms with E-state index in [0.29, 0.717) is 12.8 Å². The van der Waals surface area contributed by atoms with Crippen LogP contribution < -0.4 is 0 Å². The van der Waals surface area contributed by atoms with Crippen LogP contribution in [0.25, 0.3) is 16.5 Å². The van der Waals surface area contributed by atoms with Crippen LogP contribution in [0.5, 0.6) is 0 Å². The number of rotatable bonds is 2. The van der Waals surface area contributed by atoms with Crippen LogP contribution in [-0.4, -0.2) is 69.3 Å². The zero-order valence-corrected chi connectivity index (χ0v) is 21.2. The van der Waals surface area contributed by atoms with Gasteiger partial charge in [-0.1, -0.05) is 37.3 Å². The van der Waals surface area contributed by atoms with Gasteiger partial charge in [0.1, 0.15) is 11.7 Å². The molecule has 6 heteroatoms. The zero-order valence-electron chi connectivity index (χ0n) is 21.2. The van der Waals surface area contributed by atoms with Gasteiger partial charge in [-0.25, -0.2) is 4.39 Å². The zero-order chi connectivity index (χ0) is 25.1. The van der Waals surface area contributed by atoms with E-state index in [9.17, 15) is 10.2 Å². The van der Waals surface area contributed by atoms with Crippen molar-refractivity contribution in [2.45, 2.75) is 80.6 Å². The lowest BCUT2D eigenvalue weighted by Crippen LogP contribution is -2.73. The maximum atomic E-state index is 16.9. The minimum Gasteiger partial charge on any atom is -0.389 e. The fourth-order valence-electron chi connectivity index (χ4n) is 8.74. The van der Waals surface area contributed by atoms with E-state index in [4.69, 9.17) is 4.74 Å². The van der Waals surface area contributed by atoms with Gasteiger partial charge in [0.25, 0.3) is 0 Å². The van der Waals surface area contributed by atoms with Gasteiger partial charge in [-0.2, -0.15) is 0 Å². The largest absolute Gasteiger partial charge is 0.389 e. The Morgan fingerprint density at radius 3 is 2.75 bits per heavy atom. The van der Waals surface area contributed by atoms with Crippen LogP contribution in [0.15, 0.2) is 54.3 Å². The fourth-order valence-corrected chi connectivity index (χ4v) is 8.74. The summed E-state index contributed by atoms with van der Waals surface area (Å²) in [6.07, 6.45) is 7.36. The quantitative estimate of drug-likeness (QED) is 0.610. The SMILES string of the molecule is CN(C)[C@H]1C[C@@]23CC[C@@]4(O2)C(=CC[C@]2(C)C(c5cccc6ncccc56)=CCC24)CC3(F)[C@@H](O)[C@@H]1O. The molecule has 2 saturated heterocycles. The van der Waals surface area contributed by atoms with E-state index in [-0.39, 0.29) is 23.8 Å². The van der Waals surface area contributed by atoms with E-state index in [1.165, 1.54) is 11.1 Å². The van der Waals surface area contributed by atoms with Gasteiger partial charge in [0.2, 0.25) is 0 Å². The van der Waals surface area contributed by atoms with Crippen LogP contribution in [0.4, 0.5) is 4.39 Å². The van der Waals surface area contributed by atoms with Crippen LogP contribution >= 0.6 is 0 Å². The summed E-state index contributed by atoms with van der Waals surface area (Å²) in [6, 6.07) is 10.1. The molecule has 2 aliphatic heterocycles. The summed E-state index contributed by atoms with van der Waals surface area (Å²) in [5.74, 6) is 0.206. The van der Waals surface area contributed by atoms with E-state index >= 15 is 4.39 Å². The normalized spacial score (nSPS) is 45.2. The second-order valence-electron chi connectivity index (χ2n) is 12.3. The summed E-state index contributed by atoms with van der Waals surface area (Å²) in [7, 11) is 3.76. The standard InChI is InChI=1S/C30H35FN2O3/c1-27-12-11-18-16-30(31)26(35)25(34)23(33(2)3)17-28(30)13-14-29(18,36-28)24(27)10-9-21(27)19-6-4-8-22-20(19)7-5-15-32-22/h4-9,11,15,23-26,34-35H,10,12-14,16-17H2,1-3H3/t23-,24?,25+,26-,27+,28+,29+,30?/m0/s1. The smallest absolute Gasteiger partial charge is 0.171 e. The molecule has 36 heavy (non-hydrogen) atoms. The van der Waals surface area contributed by atoms with Crippen molar-refractivity contribution >= 4 is 16.5 Å². The maximum Gasteiger partial charge on any atom is 0.171 e. The number of halogens is 1. The number of aliphatic hydroxyl groups excluding tert-OH is 2. The number of aromatic nitrogens is 1. The molecule has 1 aromatic carbocycles. The molecule has 8 atom stereocenters. The highest BCUT2D eigenvalue weighted by atomic mass is 19.1. The van der Waals surface area contributed by atoms with Crippen molar-refractivity contribution in [1.82, 2.24) is 9.88 Å². The Bertz CT molecular complexity index is 1320. The highest BCUT2D eigenvalue weighted by molar-refractivity contribution is 5.93. The first-order valence-electron chi connectivity index (χ1n) is 13.3. The van der Waals surface area contributed by atoms with Crippen molar-refractivity contribution < 1.29 is 19.3 Å². The summed E-state index contributed by atoms with van der Waals surface area (Å²) >= 11 is 0. The second kappa shape index (κ2) is 7.25. The lowest BCUT2D eigenvalue weighted by Gasteiger charge is -2.61. The lowest BCUT2D eigenvalue weighted by molar-refractivity contribution is -0.282. The van der Waals surface area contributed by atoms with Gasteiger partial charge in [-0.05, 0) is 75.0 Å². The molecule has 3 aliphatic carbocycles. The van der Waals surface area contributed by atoms with Crippen molar-refractivity contribution in [2.75, 3.05) is 14.1 Å². The summed E-state index contributed by atoms with van der Waals surface area (Å²) < 4.78 is 23.9. The van der Waals surface area contributed by atoms with Gasteiger partial charge in [-0.15, -0.1) is 0 Å². The minimum absolute atomic E-state index is 0.136. The molecule has 2 unspecified atom stereocenters. The van der Waals surface area contributed by atoms with E-state index in [0.717, 1.165) is 35.7 Å². The highest BCUT2D eigenvalue weighted by Gasteiger charge is 2.76. The third-order valence-electron chi connectivity index (χ3n) is 10.6. The Hall–Kier alpha value is -2.12. The van der Waals surface area contributed by atoms with E-state index in [1.54, 1.807) is 0 Å². The number of fused-ring (bicyclic) bond motifs is 2. The molecule has 2 aromatic rings. The number of allylic oxidation sites excluding steroid dienone is 3. The molecule has 5 aliphatic rings. The first-order valence-corrected chi connectivity index (χ1v) is 13.3. The van der Waals surface area contributed by atoms with Crippen molar-refractivity contribution in [3.8, 4) is 0 Å². The molecule has 7 rings (SSSR count). The van der Waals surface area contributed by atoms with E-state index in [2.05, 4.69) is 48.3 Å². The first-order chi connectivity index (χ1) is 17.2. The average Bonchev–Trinajstić information content (AvgIpc) is 3.40. The minimum atomic E-state index is -1.98. The molecule has 5 nitrogen and oxygen atoms in total. The second-order valence-corrected chi connectivity index (χ2v) is 12.3. The molecule has 1 saturated carbocycles. The van der Waals surface area contributed by atoms with Gasteiger partial charge in [0.15, 0.2) is 5.67 Å². The number of likely N-dealkylation sites (N-methyl/N-ethyl adjacent to an activating group) is 1. The number of aliphatic hydroxyl groups is 2. The molecule has 2 spiro atoms. The third kappa shape index (κ3) is 2.61. The Balaban J connectivity index is 1.32. The molecule has 3 fully saturated rings. The number of nitrogens with zero attached hydrogens (tertiary/aromatic N) is 2. The Kier molecular flexibility index (Phi) is 4.64. The van der Waals surface area contributed by atoms with Crippen LogP contribution in [0.1, 0.15) is 51.0 Å². The predicted molar refractivity (Wildman–Crippen MR) is 137 cm³/mol. The van der Waals surface area contributed by atoms with Gasteiger partial charge < -0.3 is 19.8 Å². The van der Waals surface area contributed by atoms with Crippen molar-refractivity contribution in [2.24, 2.45) is 11.3 Å². The van der Waals surface area contributed by atoms with Crippen LogP contribution in [0, 0.1) is 11.3 Å². The van der Waals surface area contributed by atoms with Crippen LogP contribution in [0.3, 0.4) is 0 Å². The first kappa shape index (κ1) is 23.0. The molecule has 2 bridgehead atoms. The van der Waals surface area contributed by atoms with Gasteiger partial charge >= 0.3 is 0 Å². The third-order valence-corrected chi connectivity index (χ3v) is 10.6. The lowest BCUT2D eigenvalue weighted by atomic mass is 9.56. The van der Waals surface area contributed by atoms with Crippen LogP contribution in [-0.2, 0) is 4.74 Å². The molecule has 1 aromatic heterocycles. The summed E-state index contributed by atoms with van der Waals surface area (Å²) in [4.78, 5) is 6.47. The molecule has 3 heterocycles.